The molecule has 1 aliphatic carbocycles. The SMILES string of the molecule is Cc1nc(C2(O)CCCC2O)nc2[nH]ccc12. The number of aromatic amines is 1. The van der Waals surface area contributed by atoms with Crippen LogP contribution in [-0.4, -0.2) is 31.3 Å². The summed E-state index contributed by atoms with van der Waals surface area (Å²) in [6.45, 7) is 1.88. The molecule has 0 saturated heterocycles. The molecule has 5 nitrogen and oxygen atoms in total. The van der Waals surface area contributed by atoms with Gasteiger partial charge in [-0.15, -0.1) is 0 Å². The fraction of sp³-hybridized carbons (Fsp3) is 0.500. The van der Waals surface area contributed by atoms with Gasteiger partial charge in [0.15, 0.2) is 5.82 Å². The number of fused-ring (bicyclic) bond motifs is 1. The standard InChI is InChI=1S/C12H15N3O2/c1-7-8-4-6-13-10(8)15-11(14-7)12(17)5-2-3-9(12)16/h4,6,9,16-17H,2-3,5H2,1H3,(H,13,14,15). The Morgan fingerprint density at radius 3 is 3.00 bits per heavy atom. The Labute approximate surface area is 98.5 Å². The summed E-state index contributed by atoms with van der Waals surface area (Å²) < 4.78 is 0. The van der Waals surface area contributed by atoms with Crippen LogP contribution in [-0.2, 0) is 5.60 Å². The molecule has 0 aliphatic heterocycles. The highest BCUT2D eigenvalue weighted by molar-refractivity contribution is 5.77. The Bertz CT molecular complexity index is 566. The first kappa shape index (κ1) is 10.7. The van der Waals surface area contributed by atoms with E-state index in [0.29, 0.717) is 24.3 Å². The minimum Gasteiger partial charge on any atom is -0.390 e. The average molecular weight is 233 g/mol. The molecule has 5 heteroatoms. The lowest BCUT2D eigenvalue weighted by Crippen LogP contribution is -2.36. The van der Waals surface area contributed by atoms with Gasteiger partial charge >= 0.3 is 0 Å². The molecule has 0 aromatic carbocycles. The van der Waals surface area contributed by atoms with Gasteiger partial charge in [-0.3, -0.25) is 0 Å². The van der Waals surface area contributed by atoms with Crippen LogP contribution in [0.25, 0.3) is 11.0 Å². The predicted molar refractivity (Wildman–Crippen MR) is 62.4 cm³/mol. The van der Waals surface area contributed by atoms with E-state index in [1.807, 2.05) is 13.0 Å². The molecule has 1 saturated carbocycles. The fourth-order valence-corrected chi connectivity index (χ4v) is 2.52. The fourth-order valence-electron chi connectivity index (χ4n) is 2.52. The van der Waals surface area contributed by atoms with Gasteiger partial charge in [0, 0.05) is 11.6 Å². The van der Waals surface area contributed by atoms with Crippen LogP contribution in [0.1, 0.15) is 30.8 Å². The third kappa shape index (κ3) is 1.46. The van der Waals surface area contributed by atoms with E-state index in [1.54, 1.807) is 6.20 Å². The van der Waals surface area contributed by atoms with Crippen molar-refractivity contribution in [3.8, 4) is 0 Å². The van der Waals surface area contributed by atoms with Crippen molar-refractivity contribution >= 4 is 11.0 Å². The van der Waals surface area contributed by atoms with Crippen LogP contribution >= 0.6 is 0 Å². The molecule has 0 radical (unpaired) electrons. The first-order valence-electron chi connectivity index (χ1n) is 5.84. The van der Waals surface area contributed by atoms with Gasteiger partial charge in [0.1, 0.15) is 11.2 Å². The molecule has 0 spiro atoms. The third-order valence-electron chi connectivity index (χ3n) is 3.58. The first-order chi connectivity index (χ1) is 8.11. The average Bonchev–Trinajstić information content (AvgIpc) is 2.88. The summed E-state index contributed by atoms with van der Waals surface area (Å²) in [5.41, 5.74) is 0.239. The summed E-state index contributed by atoms with van der Waals surface area (Å²) in [6, 6.07) is 1.91. The molecule has 2 aromatic rings. The minimum atomic E-state index is -1.29. The van der Waals surface area contributed by atoms with Gasteiger partial charge < -0.3 is 15.2 Å². The van der Waals surface area contributed by atoms with E-state index in [0.717, 1.165) is 17.5 Å². The van der Waals surface area contributed by atoms with Crippen LogP contribution in [0.4, 0.5) is 0 Å². The second-order valence-electron chi connectivity index (χ2n) is 4.70. The van der Waals surface area contributed by atoms with Crippen molar-refractivity contribution in [1.82, 2.24) is 15.0 Å². The molecule has 2 unspecified atom stereocenters. The molecular formula is C12H15N3O2. The molecule has 17 heavy (non-hydrogen) atoms. The zero-order valence-electron chi connectivity index (χ0n) is 9.64. The molecule has 2 aromatic heterocycles. The highest BCUT2D eigenvalue weighted by Gasteiger charge is 2.44. The Balaban J connectivity index is 2.17. The normalized spacial score (nSPS) is 29.0. The van der Waals surface area contributed by atoms with Crippen molar-refractivity contribution in [2.45, 2.75) is 37.9 Å². The van der Waals surface area contributed by atoms with Crippen molar-refractivity contribution in [3.63, 3.8) is 0 Å². The summed E-state index contributed by atoms with van der Waals surface area (Å²) in [5, 5.41) is 21.3. The number of rotatable bonds is 1. The van der Waals surface area contributed by atoms with Crippen molar-refractivity contribution in [2.24, 2.45) is 0 Å². The maximum absolute atomic E-state index is 10.5. The number of nitrogens with one attached hydrogen (secondary N) is 1. The number of aryl methyl sites for hydroxylation is 1. The van der Waals surface area contributed by atoms with Gasteiger partial charge in [0.05, 0.1) is 11.8 Å². The maximum atomic E-state index is 10.5. The van der Waals surface area contributed by atoms with E-state index in [1.165, 1.54) is 0 Å². The van der Waals surface area contributed by atoms with Gasteiger partial charge in [-0.2, -0.15) is 0 Å². The molecule has 2 heterocycles. The van der Waals surface area contributed by atoms with Crippen LogP contribution in [0, 0.1) is 6.92 Å². The largest absolute Gasteiger partial charge is 0.390 e. The summed E-state index contributed by atoms with van der Waals surface area (Å²) in [7, 11) is 0. The highest BCUT2D eigenvalue weighted by Crippen LogP contribution is 2.37. The maximum Gasteiger partial charge on any atom is 0.165 e. The Morgan fingerprint density at radius 1 is 1.47 bits per heavy atom. The van der Waals surface area contributed by atoms with E-state index < -0.39 is 11.7 Å². The third-order valence-corrected chi connectivity index (χ3v) is 3.58. The van der Waals surface area contributed by atoms with Crippen molar-refractivity contribution in [2.75, 3.05) is 0 Å². The second-order valence-corrected chi connectivity index (χ2v) is 4.70. The van der Waals surface area contributed by atoms with Crippen molar-refractivity contribution < 1.29 is 10.2 Å². The number of aromatic nitrogens is 3. The van der Waals surface area contributed by atoms with E-state index in [4.69, 9.17) is 0 Å². The Hall–Kier alpha value is -1.46. The number of nitrogens with zero attached hydrogens (tertiary/aromatic N) is 2. The quantitative estimate of drug-likeness (QED) is 0.686. The number of aliphatic hydroxyl groups excluding tert-OH is 1. The summed E-state index contributed by atoms with van der Waals surface area (Å²) in [6.07, 6.45) is 2.93. The molecule has 1 aliphatic rings. The van der Waals surface area contributed by atoms with Crippen LogP contribution in [0.2, 0.25) is 0 Å². The van der Waals surface area contributed by atoms with E-state index in [-0.39, 0.29) is 0 Å². The number of aliphatic hydroxyl groups is 2. The second kappa shape index (κ2) is 3.51. The van der Waals surface area contributed by atoms with Crippen molar-refractivity contribution in [1.29, 1.82) is 0 Å². The molecule has 0 bridgehead atoms. The zero-order chi connectivity index (χ0) is 12.0. The zero-order valence-corrected chi connectivity index (χ0v) is 9.64. The van der Waals surface area contributed by atoms with Gasteiger partial charge in [-0.05, 0) is 32.3 Å². The van der Waals surface area contributed by atoms with Crippen LogP contribution in [0.5, 0.6) is 0 Å². The first-order valence-corrected chi connectivity index (χ1v) is 5.84. The summed E-state index contributed by atoms with van der Waals surface area (Å²) >= 11 is 0. The van der Waals surface area contributed by atoms with Crippen LogP contribution in [0.15, 0.2) is 12.3 Å². The number of hydrogen-bond donors (Lipinski definition) is 3. The molecule has 0 amide bonds. The lowest BCUT2D eigenvalue weighted by atomic mass is 9.98. The Morgan fingerprint density at radius 2 is 2.29 bits per heavy atom. The summed E-state index contributed by atoms with van der Waals surface area (Å²) in [4.78, 5) is 11.7. The smallest absolute Gasteiger partial charge is 0.165 e. The van der Waals surface area contributed by atoms with Gasteiger partial charge in [-0.1, -0.05) is 0 Å². The van der Waals surface area contributed by atoms with E-state index in [9.17, 15) is 10.2 Å². The van der Waals surface area contributed by atoms with Crippen molar-refractivity contribution in [3.05, 3.63) is 23.8 Å². The highest BCUT2D eigenvalue weighted by atomic mass is 16.3. The molecule has 3 rings (SSSR count). The van der Waals surface area contributed by atoms with Gasteiger partial charge in [-0.25, -0.2) is 9.97 Å². The van der Waals surface area contributed by atoms with Gasteiger partial charge in [0.25, 0.3) is 0 Å². The lowest BCUT2D eigenvalue weighted by Gasteiger charge is -2.24. The van der Waals surface area contributed by atoms with E-state index in [2.05, 4.69) is 15.0 Å². The summed E-state index contributed by atoms with van der Waals surface area (Å²) in [5.74, 6) is 0.329. The van der Waals surface area contributed by atoms with Gasteiger partial charge in [0.2, 0.25) is 0 Å². The molecule has 90 valence electrons. The lowest BCUT2D eigenvalue weighted by molar-refractivity contribution is -0.0641. The van der Waals surface area contributed by atoms with Crippen LogP contribution in [0.3, 0.4) is 0 Å². The number of hydrogen-bond acceptors (Lipinski definition) is 4. The van der Waals surface area contributed by atoms with Crippen LogP contribution < -0.4 is 0 Å². The predicted octanol–water partition coefficient (Wildman–Crippen LogP) is 0.999. The number of H-pyrrole nitrogens is 1. The monoisotopic (exact) mass is 233 g/mol. The van der Waals surface area contributed by atoms with E-state index >= 15 is 0 Å². The minimum absolute atomic E-state index is 0.329. The molecule has 3 N–H and O–H groups in total. The molecule has 1 fully saturated rings. The molecular weight excluding hydrogens is 218 g/mol. The molecule has 2 atom stereocenters. The Kier molecular flexibility index (Phi) is 2.21. The topological polar surface area (TPSA) is 82.0 Å².